The summed E-state index contributed by atoms with van der Waals surface area (Å²) in [7, 11) is -2.89. The second-order valence-corrected chi connectivity index (χ2v) is 12.4. The Morgan fingerprint density at radius 1 is 0.947 bits per heavy atom. The number of carboxylic acids is 1. The molecule has 2 saturated carbocycles. The van der Waals surface area contributed by atoms with Gasteiger partial charge in [-0.05, 0) is 48.3 Å². The predicted molar refractivity (Wildman–Crippen MR) is 145 cm³/mol. The van der Waals surface area contributed by atoms with Crippen LogP contribution in [0.1, 0.15) is 105 Å². The van der Waals surface area contributed by atoms with E-state index in [9.17, 15) is 17.6 Å². The van der Waals surface area contributed by atoms with Crippen LogP contribution >= 0.6 is 0 Å². The van der Waals surface area contributed by atoms with Gasteiger partial charge < -0.3 is 9.84 Å². The van der Waals surface area contributed by atoms with Crippen molar-refractivity contribution < 1.29 is 27.4 Å². The maximum atomic E-state index is 14.2. The zero-order valence-electron chi connectivity index (χ0n) is 22.1. The van der Waals surface area contributed by atoms with Gasteiger partial charge in [0.1, 0.15) is 11.6 Å². The van der Waals surface area contributed by atoms with Crippen LogP contribution < -0.4 is 9.46 Å². The summed E-state index contributed by atoms with van der Waals surface area (Å²) in [6.07, 6.45) is 18.5. The number of hydrogen-bond donors (Lipinski definition) is 2. The fourth-order valence-electron chi connectivity index (χ4n) is 6.26. The highest BCUT2D eigenvalue weighted by Gasteiger charge is 2.26. The number of ether oxygens (including phenoxy) is 1. The first kappa shape index (κ1) is 28.3. The third kappa shape index (κ3) is 7.04. The van der Waals surface area contributed by atoms with Gasteiger partial charge in [0.2, 0.25) is 0 Å². The molecular weight excluding hydrogens is 507 g/mol. The van der Waals surface area contributed by atoms with Gasteiger partial charge in [0.25, 0.3) is 10.0 Å². The van der Waals surface area contributed by atoms with Crippen molar-refractivity contribution in [3.05, 3.63) is 47.4 Å². The molecule has 2 aliphatic rings. The zero-order chi connectivity index (χ0) is 27.1. The molecule has 208 valence electrons. The van der Waals surface area contributed by atoms with Crippen LogP contribution in [0.3, 0.4) is 0 Å². The van der Waals surface area contributed by atoms with E-state index >= 15 is 0 Å². The fourth-order valence-corrected chi connectivity index (χ4v) is 7.25. The molecule has 0 aliphatic heterocycles. The Kier molecular flexibility index (Phi) is 9.63. The van der Waals surface area contributed by atoms with E-state index in [1.54, 1.807) is 6.20 Å². The second kappa shape index (κ2) is 12.9. The summed E-state index contributed by atoms with van der Waals surface area (Å²) in [4.78, 5) is 15.4. The monoisotopic (exact) mass is 546 g/mol. The lowest BCUT2D eigenvalue weighted by Gasteiger charge is -2.32. The molecule has 1 aromatic heterocycles. The molecule has 2 fully saturated rings. The molecule has 0 bridgehead atoms. The summed E-state index contributed by atoms with van der Waals surface area (Å²) in [5.41, 5.74) is 0.241. The van der Waals surface area contributed by atoms with E-state index in [1.807, 2.05) is 6.07 Å². The van der Waals surface area contributed by atoms with Crippen LogP contribution in [0.25, 0.3) is 0 Å². The summed E-state index contributed by atoms with van der Waals surface area (Å²) in [5.74, 6) is -0.549. The van der Waals surface area contributed by atoms with Crippen molar-refractivity contribution in [3.63, 3.8) is 0 Å². The van der Waals surface area contributed by atoms with Crippen molar-refractivity contribution in [1.29, 1.82) is 0 Å². The lowest BCUT2D eigenvalue weighted by molar-refractivity contribution is 0.0691. The minimum Gasteiger partial charge on any atom is -0.495 e. The number of hydrogen-bond acceptors (Lipinski definition) is 5. The number of nitrogens with one attached hydrogen (secondary N) is 1. The topological polar surface area (TPSA) is 106 Å². The first-order chi connectivity index (χ1) is 18.3. The molecule has 1 heterocycles. The van der Waals surface area contributed by atoms with Crippen molar-refractivity contribution in [2.45, 2.75) is 94.4 Å². The van der Waals surface area contributed by atoms with E-state index in [-0.39, 0.29) is 16.5 Å². The van der Waals surface area contributed by atoms with E-state index in [2.05, 4.69) is 9.71 Å². The van der Waals surface area contributed by atoms with Gasteiger partial charge in [-0.2, -0.15) is 8.42 Å². The van der Waals surface area contributed by atoms with E-state index in [4.69, 9.17) is 9.84 Å². The molecule has 0 saturated heterocycles. The van der Waals surface area contributed by atoms with Crippen molar-refractivity contribution >= 4 is 21.7 Å². The average molecular weight is 547 g/mol. The minimum atomic E-state index is -4.14. The summed E-state index contributed by atoms with van der Waals surface area (Å²) < 4.78 is 47.4. The number of carboxylic acid groups (broad SMARTS) is 1. The van der Waals surface area contributed by atoms with Crippen LogP contribution in [-0.4, -0.2) is 31.6 Å². The van der Waals surface area contributed by atoms with E-state index in [1.165, 1.54) is 83.8 Å². The number of nitrogens with zero attached hydrogens (tertiary/aromatic N) is 1. The van der Waals surface area contributed by atoms with E-state index in [0.29, 0.717) is 5.92 Å². The molecule has 2 aromatic rings. The molecule has 4 rings (SSSR count). The molecule has 7 nitrogen and oxygen atoms in total. The van der Waals surface area contributed by atoms with Gasteiger partial charge in [0, 0.05) is 12.3 Å². The Hall–Kier alpha value is -2.68. The van der Waals surface area contributed by atoms with Gasteiger partial charge in [-0.3, -0.25) is 4.72 Å². The summed E-state index contributed by atoms with van der Waals surface area (Å²) in [6, 6.07) is 5.04. The van der Waals surface area contributed by atoms with Crippen molar-refractivity contribution in [2.24, 2.45) is 11.8 Å². The highest BCUT2D eigenvalue weighted by atomic mass is 32.2. The Balaban J connectivity index is 1.39. The van der Waals surface area contributed by atoms with Gasteiger partial charge in [-0.1, -0.05) is 76.7 Å². The molecule has 0 amide bonds. The molecule has 0 atom stereocenters. The molecule has 0 unspecified atom stereocenters. The highest BCUT2D eigenvalue weighted by molar-refractivity contribution is 7.92. The van der Waals surface area contributed by atoms with E-state index < -0.39 is 27.4 Å². The molecule has 2 aliphatic carbocycles. The Bertz CT molecular complexity index is 1180. The third-order valence-corrected chi connectivity index (χ3v) is 9.62. The number of anilines is 1. The highest BCUT2D eigenvalue weighted by Crippen LogP contribution is 2.39. The number of aromatic carboxylic acids is 1. The van der Waals surface area contributed by atoms with Gasteiger partial charge in [-0.25, -0.2) is 14.2 Å². The van der Waals surface area contributed by atoms with Gasteiger partial charge >= 0.3 is 5.97 Å². The average Bonchev–Trinajstić information content (AvgIpc) is 2.84. The van der Waals surface area contributed by atoms with Gasteiger partial charge in [-0.15, -0.1) is 0 Å². The number of halogens is 1. The standard InChI is InChI=1S/C29H39FN2O5S/c1-37-27-17-24(29(33)34)25(30)18-26(27)32-38(35,36)28-16-15-23(19-31-28)22-13-7-11-21(12-8-14-22)20-9-5-3-2-4-6-10-20/h15-22,32H,2-14H2,1H3,(H,33,34). The Morgan fingerprint density at radius 3 is 2.11 bits per heavy atom. The van der Waals surface area contributed by atoms with Gasteiger partial charge in [0.15, 0.2) is 5.03 Å². The van der Waals surface area contributed by atoms with Crippen molar-refractivity contribution in [1.82, 2.24) is 4.98 Å². The maximum absolute atomic E-state index is 14.2. The summed E-state index contributed by atoms with van der Waals surface area (Å²) in [6.45, 7) is 0. The van der Waals surface area contributed by atoms with E-state index in [0.717, 1.165) is 42.4 Å². The first-order valence-corrected chi connectivity index (χ1v) is 15.4. The first-order valence-electron chi connectivity index (χ1n) is 13.9. The second-order valence-electron chi connectivity index (χ2n) is 10.8. The minimum absolute atomic E-state index is 0.101. The summed E-state index contributed by atoms with van der Waals surface area (Å²) >= 11 is 0. The molecule has 38 heavy (non-hydrogen) atoms. The van der Waals surface area contributed by atoms with Crippen molar-refractivity contribution in [2.75, 3.05) is 11.8 Å². The van der Waals surface area contributed by atoms with Crippen LogP contribution in [0.4, 0.5) is 10.1 Å². The zero-order valence-corrected chi connectivity index (χ0v) is 22.9. The quantitative estimate of drug-likeness (QED) is 0.382. The summed E-state index contributed by atoms with van der Waals surface area (Å²) in [5, 5.41) is 8.91. The normalized spacial score (nSPS) is 21.9. The van der Waals surface area contributed by atoms with Crippen LogP contribution in [0.15, 0.2) is 35.5 Å². The molecule has 2 N–H and O–H groups in total. The van der Waals surface area contributed by atoms with Crippen molar-refractivity contribution in [3.8, 4) is 5.75 Å². The third-order valence-electron chi connectivity index (χ3n) is 8.34. The number of benzene rings is 1. The molecule has 0 radical (unpaired) electrons. The molecule has 0 spiro atoms. The van der Waals surface area contributed by atoms with Crippen LogP contribution in [-0.2, 0) is 10.0 Å². The van der Waals surface area contributed by atoms with Crippen LogP contribution in [0.5, 0.6) is 5.75 Å². The Morgan fingerprint density at radius 2 is 1.55 bits per heavy atom. The fraction of sp³-hybridized carbons (Fsp3) is 0.586. The molecule has 1 aromatic carbocycles. The number of sulfonamides is 1. The SMILES string of the molecule is COc1cc(C(=O)O)c(F)cc1NS(=O)(=O)c1ccc(C2CCCC(C3CCCCCCC3)CCC2)cn1. The molecule has 9 heteroatoms. The van der Waals surface area contributed by atoms with Crippen LogP contribution in [0, 0.1) is 17.7 Å². The predicted octanol–water partition coefficient (Wildman–Crippen LogP) is 7.14. The number of pyridine rings is 1. The number of rotatable bonds is 7. The Labute approximate surface area is 225 Å². The number of carbonyl (C=O) groups is 1. The van der Waals surface area contributed by atoms with Crippen LogP contribution in [0.2, 0.25) is 0 Å². The number of methoxy groups -OCH3 is 1. The largest absolute Gasteiger partial charge is 0.495 e. The maximum Gasteiger partial charge on any atom is 0.338 e. The lowest BCUT2D eigenvalue weighted by Crippen LogP contribution is -2.19. The lowest BCUT2D eigenvalue weighted by atomic mass is 9.74. The number of aromatic nitrogens is 1. The smallest absolute Gasteiger partial charge is 0.338 e. The molecular formula is C29H39FN2O5S. The van der Waals surface area contributed by atoms with Gasteiger partial charge in [0.05, 0.1) is 18.4 Å².